The lowest BCUT2D eigenvalue weighted by Crippen LogP contribution is -2.45. The Bertz CT molecular complexity index is 1220. The molecule has 0 radical (unpaired) electrons. The number of likely N-dealkylation sites (N-methyl/N-ethyl adjacent to an activating group) is 1. The number of halogens is 3. The van der Waals surface area contributed by atoms with E-state index >= 15 is 0 Å². The fraction of sp³-hybridized carbons (Fsp3) is 0.273. The van der Waals surface area contributed by atoms with Gasteiger partial charge in [0.25, 0.3) is 0 Å². The van der Waals surface area contributed by atoms with Crippen LogP contribution in [0.15, 0.2) is 49.1 Å². The van der Waals surface area contributed by atoms with Crippen LogP contribution < -0.4 is 4.90 Å². The molecule has 0 aliphatic carbocycles. The summed E-state index contributed by atoms with van der Waals surface area (Å²) >= 11 is 0. The minimum Gasteiger partial charge on any atom is -0.366 e. The molecule has 4 aromatic rings. The summed E-state index contributed by atoms with van der Waals surface area (Å²) in [4.78, 5) is 18.8. The lowest BCUT2D eigenvalue weighted by Gasteiger charge is -2.32. The lowest BCUT2D eigenvalue weighted by atomic mass is 9.99. The Morgan fingerprint density at radius 3 is 2.45 bits per heavy atom. The smallest absolute Gasteiger partial charge is 0.366 e. The van der Waals surface area contributed by atoms with E-state index in [0.29, 0.717) is 30.2 Å². The Morgan fingerprint density at radius 2 is 1.68 bits per heavy atom. The number of rotatable bonds is 3. The first-order valence-electron chi connectivity index (χ1n) is 10.0. The first-order chi connectivity index (χ1) is 14.9. The van der Waals surface area contributed by atoms with Crippen molar-refractivity contribution in [1.82, 2.24) is 24.8 Å². The van der Waals surface area contributed by atoms with Gasteiger partial charge < -0.3 is 19.8 Å². The van der Waals surface area contributed by atoms with Crippen molar-refractivity contribution in [3.8, 4) is 22.4 Å². The maximum atomic E-state index is 13.9. The van der Waals surface area contributed by atoms with Crippen LogP contribution in [-0.4, -0.2) is 58.1 Å². The molecular weight excluding hydrogens is 405 g/mol. The van der Waals surface area contributed by atoms with Gasteiger partial charge in [-0.1, -0.05) is 18.2 Å². The average molecular weight is 426 g/mol. The van der Waals surface area contributed by atoms with Crippen LogP contribution in [-0.2, 0) is 6.18 Å². The quantitative estimate of drug-likeness (QED) is 0.510. The van der Waals surface area contributed by atoms with E-state index in [1.165, 1.54) is 0 Å². The molecule has 1 aromatic carbocycles. The van der Waals surface area contributed by atoms with E-state index in [-0.39, 0.29) is 5.69 Å². The second kappa shape index (κ2) is 7.42. The predicted octanol–water partition coefficient (Wildman–Crippen LogP) is 4.39. The summed E-state index contributed by atoms with van der Waals surface area (Å²) in [6, 6.07) is 7.69. The molecule has 4 heterocycles. The fourth-order valence-electron chi connectivity index (χ4n) is 4.02. The zero-order chi connectivity index (χ0) is 21.6. The number of fused-ring (bicyclic) bond motifs is 1. The number of hydrogen-bond acceptors (Lipinski definition) is 4. The van der Waals surface area contributed by atoms with E-state index in [4.69, 9.17) is 0 Å². The molecule has 0 bridgehead atoms. The molecule has 31 heavy (non-hydrogen) atoms. The van der Waals surface area contributed by atoms with Gasteiger partial charge in [-0.25, -0.2) is 9.97 Å². The highest BCUT2D eigenvalue weighted by Gasteiger charge is 2.37. The Morgan fingerprint density at radius 1 is 0.935 bits per heavy atom. The van der Waals surface area contributed by atoms with Crippen LogP contribution in [0.5, 0.6) is 0 Å². The highest BCUT2D eigenvalue weighted by atomic mass is 19.4. The number of anilines is 1. The molecule has 0 atom stereocenters. The van der Waals surface area contributed by atoms with Crippen molar-refractivity contribution in [3.05, 3.63) is 54.6 Å². The van der Waals surface area contributed by atoms with Crippen molar-refractivity contribution >= 4 is 16.9 Å². The summed E-state index contributed by atoms with van der Waals surface area (Å²) in [7, 11) is 2.02. The third-order valence-electron chi connectivity index (χ3n) is 5.75. The Kier molecular flexibility index (Phi) is 4.70. The Hall–Kier alpha value is -3.33. The lowest BCUT2D eigenvalue weighted by molar-refractivity contribution is -0.137. The summed E-state index contributed by atoms with van der Waals surface area (Å²) in [5.74, 6) is 0.321. The maximum absolute atomic E-state index is 13.9. The molecule has 160 valence electrons. The van der Waals surface area contributed by atoms with Gasteiger partial charge in [-0.3, -0.25) is 0 Å². The molecule has 5 rings (SSSR count). The van der Waals surface area contributed by atoms with Gasteiger partial charge in [0.2, 0.25) is 5.95 Å². The van der Waals surface area contributed by atoms with Crippen LogP contribution in [0.1, 0.15) is 5.56 Å². The number of H-pyrrole nitrogens is 2. The number of nitrogens with zero attached hydrogens (tertiary/aromatic N) is 4. The van der Waals surface area contributed by atoms with Gasteiger partial charge in [0.05, 0.1) is 5.69 Å². The summed E-state index contributed by atoms with van der Waals surface area (Å²) in [5.41, 5.74) is 1.84. The van der Waals surface area contributed by atoms with Crippen LogP contribution in [0.3, 0.4) is 0 Å². The normalized spacial score (nSPS) is 15.7. The second-order valence-electron chi connectivity index (χ2n) is 7.75. The molecule has 0 amide bonds. The average Bonchev–Trinajstić information content (AvgIpc) is 3.40. The largest absolute Gasteiger partial charge is 0.419 e. The first-order valence-corrected chi connectivity index (χ1v) is 10.0. The van der Waals surface area contributed by atoms with Crippen molar-refractivity contribution in [2.45, 2.75) is 6.18 Å². The molecule has 1 fully saturated rings. The van der Waals surface area contributed by atoms with Crippen LogP contribution in [0.4, 0.5) is 19.1 Å². The molecule has 0 unspecified atom stereocenters. The second-order valence-corrected chi connectivity index (χ2v) is 7.75. The number of aromatic amines is 2. The van der Waals surface area contributed by atoms with Crippen molar-refractivity contribution < 1.29 is 13.2 Å². The minimum absolute atomic E-state index is 0.113. The summed E-state index contributed by atoms with van der Waals surface area (Å²) in [6.45, 7) is 2.96. The Balaban J connectivity index is 1.65. The van der Waals surface area contributed by atoms with E-state index in [1.807, 2.05) is 42.4 Å². The standard InChI is InChI=1S/C22H21F3N6/c1-30-6-8-31(9-7-30)21-28-13-18(22(23,24)25)20(29-21)17-11-26-10-15(17)16-12-27-19-5-3-2-4-14(16)19/h2-5,10-13,26-27H,6-9H2,1H3. The highest BCUT2D eigenvalue weighted by molar-refractivity contribution is 5.99. The number of hydrogen-bond donors (Lipinski definition) is 2. The molecule has 6 nitrogen and oxygen atoms in total. The zero-order valence-electron chi connectivity index (χ0n) is 16.9. The maximum Gasteiger partial charge on any atom is 0.419 e. The number of piperazine rings is 1. The topological polar surface area (TPSA) is 63.8 Å². The van der Waals surface area contributed by atoms with E-state index in [2.05, 4.69) is 24.8 Å². The SMILES string of the molecule is CN1CCN(c2ncc(C(F)(F)F)c(-c3c[nH]cc3-c3c[nH]c4ccccc34)n2)CC1. The summed E-state index contributed by atoms with van der Waals surface area (Å²) < 4.78 is 41.6. The molecule has 1 aliphatic heterocycles. The number of nitrogens with one attached hydrogen (secondary N) is 2. The van der Waals surface area contributed by atoms with E-state index < -0.39 is 11.7 Å². The van der Waals surface area contributed by atoms with Crippen molar-refractivity contribution in [2.24, 2.45) is 0 Å². The number of alkyl halides is 3. The van der Waals surface area contributed by atoms with Crippen molar-refractivity contribution in [3.63, 3.8) is 0 Å². The van der Waals surface area contributed by atoms with E-state index in [1.54, 1.807) is 12.4 Å². The molecule has 1 saturated heterocycles. The highest BCUT2D eigenvalue weighted by Crippen LogP contribution is 2.41. The zero-order valence-corrected chi connectivity index (χ0v) is 16.9. The van der Waals surface area contributed by atoms with Crippen molar-refractivity contribution in [1.29, 1.82) is 0 Å². The third-order valence-corrected chi connectivity index (χ3v) is 5.75. The molecule has 9 heteroatoms. The van der Waals surface area contributed by atoms with E-state index in [0.717, 1.165) is 35.8 Å². The van der Waals surface area contributed by atoms with Gasteiger partial charge in [-0.05, 0) is 13.1 Å². The molecule has 0 saturated carbocycles. The van der Waals surface area contributed by atoms with Gasteiger partial charge in [0.15, 0.2) is 0 Å². The van der Waals surface area contributed by atoms with Crippen LogP contribution >= 0.6 is 0 Å². The van der Waals surface area contributed by atoms with Gasteiger partial charge in [-0.2, -0.15) is 13.2 Å². The fourth-order valence-corrected chi connectivity index (χ4v) is 4.02. The van der Waals surface area contributed by atoms with E-state index in [9.17, 15) is 13.2 Å². The monoisotopic (exact) mass is 426 g/mol. The Labute approximate surface area is 176 Å². The van der Waals surface area contributed by atoms with Crippen LogP contribution in [0.25, 0.3) is 33.3 Å². The summed E-state index contributed by atoms with van der Waals surface area (Å²) in [5, 5.41) is 0.935. The molecule has 3 aromatic heterocycles. The van der Waals surface area contributed by atoms with Gasteiger partial charge >= 0.3 is 6.18 Å². The number of aromatic nitrogens is 4. The molecule has 2 N–H and O–H groups in total. The first kappa shape index (κ1) is 19.6. The molecule has 0 spiro atoms. The molecular formula is C22H21F3N6. The number of benzene rings is 1. The van der Waals surface area contributed by atoms with Crippen LogP contribution in [0.2, 0.25) is 0 Å². The predicted molar refractivity (Wildman–Crippen MR) is 114 cm³/mol. The van der Waals surface area contributed by atoms with Gasteiger partial charge in [0.1, 0.15) is 5.56 Å². The third kappa shape index (κ3) is 3.54. The van der Waals surface area contributed by atoms with Crippen molar-refractivity contribution in [2.75, 3.05) is 38.1 Å². The minimum atomic E-state index is -4.56. The summed E-state index contributed by atoms with van der Waals surface area (Å²) in [6.07, 6.45) is 1.44. The molecule has 1 aliphatic rings. The number of para-hydroxylation sites is 1. The van der Waals surface area contributed by atoms with Gasteiger partial charge in [0, 0.05) is 78.6 Å². The van der Waals surface area contributed by atoms with Crippen LogP contribution in [0, 0.1) is 0 Å². The van der Waals surface area contributed by atoms with Gasteiger partial charge in [-0.15, -0.1) is 0 Å².